The number of hydrogen-bond acceptors (Lipinski definition) is 3. The summed E-state index contributed by atoms with van der Waals surface area (Å²) >= 11 is 0. The van der Waals surface area contributed by atoms with E-state index < -0.39 is 0 Å². The second-order valence-corrected chi connectivity index (χ2v) is 3.57. The summed E-state index contributed by atoms with van der Waals surface area (Å²) in [7, 11) is 0. The number of nitrogens with two attached hydrogens (primary N) is 1. The van der Waals surface area contributed by atoms with Gasteiger partial charge in [0.2, 0.25) is 0 Å². The number of nitrogen functional groups attached to an aromatic ring is 1. The van der Waals surface area contributed by atoms with Gasteiger partial charge in [-0.15, -0.1) is 0 Å². The van der Waals surface area contributed by atoms with Crippen LogP contribution in [0.3, 0.4) is 0 Å². The fourth-order valence-corrected chi connectivity index (χ4v) is 1.51. The van der Waals surface area contributed by atoms with E-state index in [1.165, 1.54) is 16.7 Å². The van der Waals surface area contributed by atoms with Crippen molar-refractivity contribution in [2.75, 3.05) is 5.73 Å². The van der Waals surface area contributed by atoms with Gasteiger partial charge in [0, 0.05) is 18.6 Å². The molecule has 2 aromatic heterocycles. The van der Waals surface area contributed by atoms with Crippen molar-refractivity contribution in [3.63, 3.8) is 0 Å². The zero-order chi connectivity index (χ0) is 10.7. The third kappa shape index (κ3) is 2.31. The van der Waals surface area contributed by atoms with Gasteiger partial charge in [0.05, 0.1) is 0 Å². The Morgan fingerprint density at radius 2 is 2.00 bits per heavy atom. The van der Waals surface area contributed by atoms with Crippen molar-refractivity contribution in [2.24, 2.45) is 0 Å². The molecule has 0 fully saturated rings. The Morgan fingerprint density at radius 1 is 1.27 bits per heavy atom. The average molecular weight is 199 g/mol. The summed E-state index contributed by atoms with van der Waals surface area (Å²) < 4.78 is 0. The van der Waals surface area contributed by atoms with Crippen molar-refractivity contribution < 1.29 is 0 Å². The summed E-state index contributed by atoms with van der Waals surface area (Å²) in [6, 6.07) is 5.92. The first-order chi connectivity index (χ1) is 7.25. The lowest BCUT2D eigenvalue weighted by Crippen LogP contribution is -1.97. The smallest absolute Gasteiger partial charge is 0.123 e. The van der Waals surface area contributed by atoms with Crippen molar-refractivity contribution in [1.29, 1.82) is 0 Å². The highest BCUT2D eigenvalue weighted by molar-refractivity contribution is 5.38. The van der Waals surface area contributed by atoms with Crippen LogP contribution in [-0.4, -0.2) is 9.97 Å². The molecule has 3 heteroatoms. The molecule has 3 nitrogen and oxygen atoms in total. The maximum atomic E-state index is 5.60. The van der Waals surface area contributed by atoms with E-state index in [1.807, 2.05) is 24.4 Å². The van der Waals surface area contributed by atoms with E-state index in [0.29, 0.717) is 5.82 Å². The lowest BCUT2D eigenvalue weighted by atomic mass is 10.0. The number of nitrogens with zero attached hydrogens (tertiary/aromatic N) is 2. The average Bonchev–Trinajstić information content (AvgIpc) is 2.24. The zero-order valence-corrected chi connectivity index (χ0v) is 8.64. The van der Waals surface area contributed by atoms with Crippen molar-refractivity contribution >= 4 is 5.82 Å². The molecule has 0 saturated carbocycles. The van der Waals surface area contributed by atoms with Gasteiger partial charge in [-0.25, -0.2) is 4.98 Å². The molecule has 0 radical (unpaired) electrons. The normalized spacial score (nSPS) is 10.2. The van der Waals surface area contributed by atoms with Crippen molar-refractivity contribution in [3.8, 4) is 0 Å². The lowest BCUT2D eigenvalue weighted by Gasteiger charge is -2.05. The molecule has 2 rings (SSSR count). The number of hydrogen-bond donors (Lipinski definition) is 1. The maximum absolute atomic E-state index is 5.60. The first kappa shape index (κ1) is 9.65. The molecule has 0 aliphatic rings. The van der Waals surface area contributed by atoms with Crippen LogP contribution in [0.15, 0.2) is 36.8 Å². The summed E-state index contributed by atoms with van der Waals surface area (Å²) in [6.45, 7) is 2.05. The van der Waals surface area contributed by atoms with Gasteiger partial charge in [-0.05, 0) is 48.2 Å². The summed E-state index contributed by atoms with van der Waals surface area (Å²) in [4.78, 5) is 8.09. The summed E-state index contributed by atoms with van der Waals surface area (Å²) in [6.07, 6.45) is 6.32. The number of aryl methyl sites for hydroxylation is 1. The molecular formula is C12H13N3. The van der Waals surface area contributed by atoms with Crippen LogP contribution in [0.25, 0.3) is 0 Å². The molecule has 15 heavy (non-hydrogen) atoms. The van der Waals surface area contributed by atoms with Gasteiger partial charge in [0.1, 0.15) is 5.82 Å². The summed E-state index contributed by atoms with van der Waals surface area (Å²) in [5.41, 5.74) is 9.22. The molecule has 0 aromatic carbocycles. The van der Waals surface area contributed by atoms with Gasteiger partial charge in [0.25, 0.3) is 0 Å². The molecular weight excluding hydrogens is 186 g/mol. The highest BCUT2D eigenvalue weighted by atomic mass is 14.8. The minimum absolute atomic E-state index is 0.575. The first-order valence-electron chi connectivity index (χ1n) is 4.85. The van der Waals surface area contributed by atoms with Crippen molar-refractivity contribution in [1.82, 2.24) is 9.97 Å². The Morgan fingerprint density at radius 3 is 2.67 bits per heavy atom. The molecule has 2 heterocycles. The van der Waals surface area contributed by atoms with Crippen LogP contribution in [0.1, 0.15) is 16.7 Å². The summed E-state index contributed by atoms with van der Waals surface area (Å²) in [5.74, 6) is 0.575. The van der Waals surface area contributed by atoms with E-state index in [1.54, 1.807) is 12.4 Å². The third-order valence-corrected chi connectivity index (χ3v) is 2.38. The SMILES string of the molecule is Cc1cc(N)ncc1Cc1ccncc1. The molecule has 0 atom stereocenters. The molecule has 2 aromatic rings. The van der Waals surface area contributed by atoms with Crippen molar-refractivity contribution in [3.05, 3.63) is 53.5 Å². The monoisotopic (exact) mass is 199 g/mol. The number of aromatic nitrogens is 2. The Kier molecular flexibility index (Phi) is 2.63. The van der Waals surface area contributed by atoms with Gasteiger partial charge in [-0.2, -0.15) is 0 Å². The van der Waals surface area contributed by atoms with E-state index in [4.69, 9.17) is 5.73 Å². The third-order valence-electron chi connectivity index (χ3n) is 2.38. The highest BCUT2D eigenvalue weighted by Crippen LogP contribution is 2.13. The summed E-state index contributed by atoms with van der Waals surface area (Å²) in [5, 5.41) is 0. The fraction of sp³-hybridized carbons (Fsp3) is 0.167. The zero-order valence-electron chi connectivity index (χ0n) is 8.64. The topological polar surface area (TPSA) is 51.8 Å². The van der Waals surface area contributed by atoms with E-state index in [-0.39, 0.29) is 0 Å². The van der Waals surface area contributed by atoms with Crippen LogP contribution in [-0.2, 0) is 6.42 Å². The molecule has 76 valence electrons. The van der Waals surface area contributed by atoms with Gasteiger partial charge < -0.3 is 5.73 Å². The second-order valence-electron chi connectivity index (χ2n) is 3.57. The molecule has 0 saturated heterocycles. The maximum Gasteiger partial charge on any atom is 0.123 e. The number of anilines is 1. The van der Waals surface area contributed by atoms with Gasteiger partial charge >= 0.3 is 0 Å². The van der Waals surface area contributed by atoms with E-state index in [0.717, 1.165) is 6.42 Å². The van der Waals surface area contributed by atoms with Gasteiger partial charge in [-0.3, -0.25) is 4.98 Å². The fourth-order valence-electron chi connectivity index (χ4n) is 1.51. The van der Waals surface area contributed by atoms with Gasteiger partial charge in [0.15, 0.2) is 0 Å². The van der Waals surface area contributed by atoms with Gasteiger partial charge in [-0.1, -0.05) is 0 Å². The standard InChI is InChI=1S/C12H13N3/c1-9-6-12(13)15-8-11(9)7-10-2-4-14-5-3-10/h2-6,8H,7H2,1H3,(H2,13,15). The predicted octanol–water partition coefficient (Wildman–Crippen LogP) is 1.96. The van der Waals surface area contributed by atoms with E-state index in [2.05, 4.69) is 16.9 Å². The Hall–Kier alpha value is -1.90. The van der Waals surface area contributed by atoms with Crippen LogP contribution in [0, 0.1) is 6.92 Å². The molecule has 0 spiro atoms. The van der Waals surface area contributed by atoms with Crippen LogP contribution in [0.4, 0.5) is 5.82 Å². The molecule has 0 aliphatic heterocycles. The number of pyridine rings is 2. The second kappa shape index (κ2) is 4.09. The Labute approximate surface area is 89.0 Å². The number of rotatable bonds is 2. The minimum atomic E-state index is 0.575. The molecule has 0 unspecified atom stereocenters. The lowest BCUT2D eigenvalue weighted by molar-refractivity contribution is 1.10. The van der Waals surface area contributed by atoms with Crippen LogP contribution >= 0.6 is 0 Å². The first-order valence-corrected chi connectivity index (χ1v) is 4.85. The van der Waals surface area contributed by atoms with Crippen LogP contribution < -0.4 is 5.73 Å². The van der Waals surface area contributed by atoms with Crippen LogP contribution in [0.5, 0.6) is 0 Å². The largest absolute Gasteiger partial charge is 0.384 e. The Bertz CT molecular complexity index is 452. The van der Waals surface area contributed by atoms with E-state index >= 15 is 0 Å². The van der Waals surface area contributed by atoms with Crippen molar-refractivity contribution in [2.45, 2.75) is 13.3 Å². The quantitative estimate of drug-likeness (QED) is 0.804. The predicted molar refractivity (Wildman–Crippen MR) is 60.4 cm³/mol. The molecule has 0 amide bonds. The van der Waals surface area contributed by atoms with Crippen LogP contribution in [0.2, 0.25) is 0 Å². The Balaban J connectivity index is 2.25. The highest BCUT2D eigenvalue weighted by Gasteiger charge is 2.01. The minimum Gasteiger partial charge on any atom is -0.384 e. The molecule has 0 aliphatic carbocycles. The van der Waals surface area contributed by atoms with E-state index in [9.17, 15) is 0 Å². The molecule has 0 bridgehead atoms. The molecule has 2 N–H and O–H groups in total.